The summed E-state index contributed by atoms with van der Waals surface area (Å²) in [6.45, 7) is 2.73. The lowest BCUT2D eigenvalue weighted by atomic mass is 9.96. The molecule has 1 saturated heterocycles. The highest BCUT2D eigenvalue weighted by Gasteiger charge is 2.30. The molecule has 8 nitrogen and oxygen atoms in total. The number of carbonyl (C=O) groups excluding carboxylic acids is 1. The zero-order valence-electron chi connectivity index (χ0n) is 21.2. The Morgan fingerprint density at radius 1 is 1.21 bits per heavy atom. The van der Waals surface area contributed by atoms with E-state index in [1.54, 1.807) is 12.4 Å². The average molecular weight is 513 g/mol. The number of ether oxygens (including phenoxy) is 1. The first-order valence-corrected chi connectivity index (χ1v) is 13.2. The van der Waals surface area contributed by atoms with Crippen molar-refractivity contribution in [3.63, 3.8) is 0 Å². The molecule has 0 spiro atoms. The highest BCUT2D eigenvalue weighted by molar-refractivity contribution is 6.06. The lowest BCUT2D eigenvalue weighted by Gasteiger charge is -2.21. The maximum absolute atomic E-state index is 13.7. The summed E-state index contributed by atoms with van der Waals surface area (Å²) in [4.78, 5) is 24.8. The van der Waals surface area contributed by atoms with Gasteiger partial charge in [-0.05, 0) is 55.6 Å². The SMILES string of the molecule is CN(Cc1nc(Nc2ccc(-c3cnc4cc(F)ccn34)c3c2C(=O)NC3)ccc1[C@@H]1CCOC1)C1CC1. The number of hydrogen-bond donors (Lipinski definition) is 2. The predicted molar refractivity (Wildman–Crippen MR) is 142 cm³/mol. The number of rotatable bonds is 7. The third-order valence-corrected chi connectivity index (χ3v) is 7.93. The molecule has 2 fully saturated rings. The molecule has 0 bridgehead atoms. The molecule has 1 aromatic carbocycles. The van der Waals surface area contributed by atoms with Gasteiger partial charge < -0.3 is 15.4 Å². The second-order valence-electron chi connectivity index (χ2n) is 10.5. The van der Waals surface area contributed by atoms with Gasteiger partial charge in [0.25, 0.3) is 5.91 Å². The molecule has 3 aliphatic rings. The van der Waals surface area contributed by atoms with Crippen LogP contribution in [0.1, 0.15) is 52.4 Å². The van der Waals surface area contributed by atoms with Crippen molar-refractivity contribution in [1.29, 1.82) is 0 Å². The highest BCUT2D eigenvalue weighted by Crippen LogP contribution is 2.36. The topological polar surface area (TPSA) is 83.8 Å². The molecule has 194 valence electrons. The van der Waals surface area contributed by atoms with Crippen molar-refractivity contribution in [2.45, 2.75) is 44.3 Å². The number of benzene rings is 1. The number of aromatic nitrogens is 3. The normalized spacial score (nSPS) is 18.8. The van der Waals surface area contributed by atoms with Crippen molar-refractivity contribution in [3.05, 3.63) is 77.0 Å². The van der Waals surface area contributed by atoms with E-state index in [1.807, 2.05) is 22.6 Å². The number of nitrogens with one attached hydrogen (secondary N) is 2. The van der Waals surface area contributed by atoms with Gasteiger partial charge in [-0.3, -0.25) is 14.1 Å². The van der Waals surface area contributed by atoms with Crippen LogP contribution in [0.4, 0.5) is 15.9 Å². The highest BCUT2D eigenvalue weighted by atomic mass is 19.1. The summed E-state index contributed by atoms with van der Waals surface area (Å²) in [5, 5.41) is 6.40. The van der Waals surface area contributed by atoms with Gasteiger partial charge in [0.05, 0.1) is 35.4 Å². The van der Waals surface area contributed by atoms with Crippen molar-refractivity contribution in [1.82, 2.24) is 24.6 Å². The third kappa shape index (κ3) is 4.12. The van der Waals surface area contributed by atoms with Gasteiger partial charge in [-0.2, -0.15) is 0 Å². The number of fused-ring (bicyclic) bond motifs is 2. The van der Waals surface area contributed by atoms with E-state index < -0.39 is 0 Å². The Hall–Kier alpha value is -3.82. The van der Waals surface area contributed by atoms with Gasteiger partial charge in [0, 0.05) is 49.5 Å². The molecule has 2 aliphatic heterocycles. The Balaban J connectivity index is 1.24. The molecule has 2 N–H and O–H groups in total. The molecule has 1 aliphatic carbocycles. The van der Waals surface area contributed by atoms with E-state index in [0.29, 0.717) is 41.2 Å². The van der Waals surface area contributed by atoms with Crippen LogP contribution in [0.3, 0.4) is 0 Å². The minimum absolute atomic E-state index is 0.127. The molecule has 1 atom stereocenters. The van der Waals surface area contributed by atoms with Crippen molar-refractivity contribution in [3.8, 4) is 11.3 Å². The Bertz CT molecular complexity index is 1560. The molecule has 1 amide bonds. The predicted octanol–water partition coefficient (Wildman–Crippen LogP) is 4.62. The van der Waals surface area contributed by atoms with E-state index in [9.17, 15) is 9.18 Å². The molecule has 4 aromatic rings. The van der Waals surface area contributed by atoms with Crippen LogP contribution < -0.4 is 10.6 Å². The van der Waals surface area contributed by atoms with Gasteiger partial charge in [0.15, 0.2) is 0 Å². The van der Waals surface area contributed by atoms with Crippen molar-refractivity contribution < 1.29 is 13.9 Å². The van der Waals surface area contributed by atoms with Crippen LogP contribution in [-0.4, -0.2) is 51.5 Å². The number of anilines is 2. The summed E-state index contributed by atoms with van der Waals surface area (Å²) >= 11 is 0. The summed E-state index contributed by atoms with van der Waals surface area (Å²) in [6, 6.07) is 11.5. The summed E-state index contributed by atoms with van der Waals surface area (Å²) in [7, 11) is 2.17. The monoisotopic (exact) mass is 512 g/mol. The fourth-order valence-corrected chi connectivity index (χ4v) is 5.73. The molecule has 1 saturated carbocycles. The van der Waals surface area contributed by atoms with Crippen LogP contribution in [0.2, 0.25) is 0 Å². The van der Waals surface area contributed by atoms with Gasteiger partial charge in [0.1, 0.15) is 17.3 Å². The number of imidazole rings is 1. The Morgan fingerprint density at radius 3 is 2.92 bits per heavy atom. The van der Waals surface area contributed by atoms with Gasteiger partial charge >= 0.3 is 0 Å². The van der Waals surface area contributed by atoms with E-state index in [2.05, 4.69) is 33.6 Å². The van der Waals surface area contributed by atoms with Gasteiger partial charge in [-0.25, -0.2) is 14.4 Å². The number of halogens is 1. The van der Waals surface area contributed by atoms with E-state index in [4.69, 9.17) is 9.72 Å². The van der Waals surface area contributed by atoms with Crippen LogP contribution in [0.15, 0.2) is 48.8 Å². The van der Waals surface area contributed by atoms with Crippen molar-refractivity contribution in [2.75, 3.05) is 25.6 Å². The van der Waals surface area contributed by atoms with Crippen LogP contribution >= 0.6 is 0 Å². The second kappa shape index (κ2) is 9.18. The van der Waals surface area contributed by atoms with Crippen molar-refractivity contribution >= 4 is 23.1 Å². The lowest BCUT2D eigenvalue weighted by molar-refractivity contribution is 0.0966. The Morgan fingerprint density at radius 2 is 2.11 bits per heavy atom. The van der Waals surface area contributed by atoms with E-state index in [0.717, 1.165) is 48.7 Å². The number of hydrogen-bond acceptors (Lipinski definition) is 6. The van der Waals surface area contributed by atoms with Crippen LogP contribution in [0.25, 0.3) is 16.9 Å². The Labute approximate surface area is 219 Å². The summed E-state index contributed by atoms with van der Waals surface area (Å²) in [5.41, 5.74) is 6.74. The quantitative estimate of drug-likeness (QED) is 0.376. The van der Waals surface area contributed by atoms with Gasteiger partial charge in [-0.1, -0.05) is 12.1 Å². The van der Waals surface area contributed by atoms with Crippen LogP contribution in [0.5, 0.6) is 0 Å². The molecule has 0 unspecified atom stereocenters. The van der Waals surface area contributed by atoms with Gasteiger partial charge in [-0.15, -0.1) is 0 Å². The minimum atomic E-state index is -0.335. The third-order valence-electron chi connectivity index (χ3n) is 7.93. The molecule has 9 heteroatoms. The standard InChI is InChI=1S/C29H29FN6O2/c1-35(19-2-3-19)15-24-20(17-9-11-38-16-17)5-7-26(34-24)33-23-6-4-21(22-13-32-29(37)28(22)23)25-14-31-27-12-18(30)8-10-36(25)27/h4-8,10,12,14,17,19H,2-3,9,11,13,15-16H2,1H3,(H,32,37)(H,33,34)/t17-/m1/s1. The molecule has 7 rings (SSSR count). The number of nitrogens with zero attached hydrogens (tertiary/aromatic N) is 4. The molecule has 5 heterocycles. The smallest absolute Gasteiger partial charge is 0.254 e. The van der Waals surface area contributed by atoms with Crippen molar-refractivity contribution in [2.24, 2.45) is 0 Å². The number of carbonyl (C=O) groups is 1. The van der Waals surface area contributed by atoms with E-state index in [1.165, 1.54) is 30.5 Å². The second-order valence-corrected chi connectivity index (χ2v) is 10.5. The fraction of sp³-hybridized carbons (Fsp3) is 0.345. The largest absolute Gasteiger partial charge is 0.381 e. The van der Waals surface area contributed by atoms with Gasteiger partial charge in [0.2, 0.25) is 0 Å². The maximum atomic E-state index is 13.7. The summed E-state index contributed by atoms with van der Waals surface area (Å²) in [6.07, 6.45) is 6.88. The zero-order chi connectivity index (χ0) is 25.8. The Kier molecular flexibility index (Phi) is 5.63. The lowest BCUT2D eigenvalue weighted by Crippen LogP contribution is -2.22. The molecule has 0 radical (unpaired) electrons. The van der Waals surface area contributed by atoms with E-state index in [-0.39, 0.29) is 11.7 Å². The minimum Gasteiger partial charge on any atom is -0.381 e. The van der Waals surface area contributed by atoms with Crippen LogP contribution in [-0.2, 0) is 17.8 Å². The average Bonchev–Trinajstić information content (AvgIpc) is 3.27. The fourth-order valence-electron chi connectivity index (χ4n) is 5.73. The first kappa shape index (κ1) is 23.3. The maximum Gasteiger partial charge on any atom is 0.254 e. The molecular formula is C29H29FN6O2. The molecular weight excluding hydrogens is 483 g/mol. The summed E-state index contributed by atoms with van der Waals surface area (Å²) in [5.74, 6) is 0.620. The summed E-state index contributed by atoms with van der Waals surface area (Å²) < 4.78 is 21.2. The zero-order valence-corrected chi connectivity index (χ0v) is 21.2. The van der Waals surface area contributed by atoms with E-state index >= 15 is 0 Å². The number of pyridine rings is 2. The first-order chi connectivity index (χ1) is 18.5. The first-order valence-electron chi connectivity index (χ1n) is 13.2. The molecule has 38 heavy (non-hydrogen) atoms. The molecule has 3 aromatic heterocycles. The van der Waals surface area contributed by atoms with Crippen LogP contribution in [0, 0.1) is 5.82 Å². The number of amides is 1.